The van der Waals surface area contributed by atoms with Gasteiger partial charge in [0.1, 0.15) is 5.60 Å². The number of hydrogen-bond acceptors (Lipinski definition) is 3. The van der Waals surface area contributed by atoms with Crippen molar-refractivity contribution in [3.63, 3.8) is 0 Å². The highest BCUT2D eigenvalue weighted by Crippen LogP contribution is 2.40. The molecule has 0 amide bonds. The fraction of sp³-hybridized carbons (Fsp3) is 0.667. The van der Waals surface area contributed by atoms with Gasteiger partial charge in [0.15, 0.2) is 0 Å². The van der Waals surface area contributed by atoms with E-state index < -0.39 is 5.60 Å². The maximum atomic E-state index is 11.6. The molecule has 1 aromatic carbocycles. The second kappa shape index (κ2) is 8.68. The topological polar surface area (TPSA) is 32.7 Å². The number of aliphatic hydroxyl groups is 1. The lowest BCUT2D eigenvalue weighted by molar-refractivity contribution is -0.0801. The van der Waals surface area contributed by atoms with Crippen LogP contribution >= 0.6 is 24.0 Å². The molecule has 0 spiro atoms. The van der Waals surface area contributed by atoms with Crippen molar-refractivity contribution in [3.8, 4) is 0 Å². The predicted octanol–water partition coefficient (Wildman–Crippen LogP) is 3.86. The highest BCUT2D eigenvalue weighted by Gasteiger charge is 2.40. The van der Waals surface area contributed by atoms with Crippen molar-refractivity contribution in [1.82, 2.24) is 4.90 Å². The summed E-state index contributed by atoms with van der Waals surface area (Å²) in [5, 5.41) is 12.3. The zero-order valence-electron chi connectivity index (χ0n) is 13.5. The maximum absolute atomic E-state index is 11.6. The second-order valence-electron chi connectivity index (χ2n) is 6.65. The third-order valence-corrected chi connectivity index (χ3v) is 5.44. The Kier molecular flexibility index (Phi) is 7.18. The van der Waals surface area contributed by atoms with Crippen molar-refractivity contribution in [2.24, 2.45) is 5.92 Å². The van der Waals surface area contributed by atoms with E-state index in [0.29, 0.717) is 12.5 Å². The van der Waals surface area contributed by atoms with Gasteiger partial charge in [-0.1, -0.05) is 43.0 Å². The SMILES string of the molecule is Cl.OC(CN1CCOCC1)(c1ccc(Cl)cc1)C1CCCCC1. The summed E-state index contributed by atoms with van der Waals surface area (Å²) in [5.74, 6) is 0.338. The van der Waals surface area contributed by atoms with Crippen LogP contribution < -0.4 is 0 Å². The largest absolute Gasteiger partial charge is 0.384 e. The Morgan fingerprint density at radius 3 is 2.30 bits per heavy atom. The molecule has 23 heavy (non-hydrogen) atoms. The average molecular weight is 360 g/mol. The van der Waals surface area contributed by atoms with Gasteiger partial charge in [0.2, 0.25) is 0 Å². The molecule has 0 aromatic heterocycles. The maximum Gasteiger partial charge on any atom is 0.105 e. The summed E-state index contributed by atoms with van der Waals surface area (Å²) in [4.78, 5) is 2.34. The van der Waals surface area contributed by atoms with E-state index in [4.69, 9.17) is 16.3 Å². The first-order chi connectivity index (χ1) is 10.7. The normalized spacial score (nSPS) is 23.0. The molecule has 3 rings (SSSR count). The van der Waals surface area contributed by atoms with Gasteiger partial charge in [-0.2, -0.15) is 0 Å². The standard InChI is InChI=1S/C18H26ClNO2.ClH/c19-17-8-6-16(7-9-17)18(21,15-4-2-1-3-5-15)14-20-10-12-22-13-11-20;/h6-9,15,21H,1-5,10-14H2;1H. The van der Waals surface area contributed by atoms with Crippen LogP contribution in [0.5, 0.6) is 0 Å². The van der Waals surface area contributed by atoms with Gasteiger partial charge >= 0.3 is 0 Å². The van der Waals surface area contributed by atoms with Gasteiger partial charge in [0.25, 0.3) is 0 Å². The fourth-order valence-electron chi connectivity index (χ4n) is 3.87. The van der Waals surface area contributed by atoms with E-state index in [1.807, 2.05) is 24.3 Å². The molecule has 1 saturated heterocycles. The summed E-state index contributed by atoms with van der Waals surface area (Å²) in [6, 6.07) is 7.78. The van der Waals surface area contributed by atoms with Crippen LogP contribution in [0.4, 0.5) is 0 Å². The van der Waals surface area contributed by atoms with Crippen molar-refractivity contribution in [1.29, 1.82) is 0 Å². The summed E-state index contributed by atoms with van der Waals surface area (Å²) in [7, 11) is 0. The van der Waals surface area contributed by atoms with Crippen LogP contribution in [0.25, 0.3) is 0 Å². The predicted molar refractivity (Wildman–Crippen MR) is 96.4 cm³/mol. The van der Waals surface area contributed by atoms with Crippen LogP contribution in [-0.4, -0.2) is 42.9 Å². The van der Waals surface area contributed by atoms with Crippen molar-refractivity contribution in [2.45, 2.75) is 37.7 Å². The number of ether oxygens (including phenoxy) is 1. The van der Waals surface area contributed by atoms with Crippen LogP contribution in [0.3, 0.4) is 0 Å². The zero-order valence-corrected chi connectivity index (χ0v) is 15.1. The Hall–Kier alpha value is -0.320. The van der Waals surface area contributed by atoms with Gasteiger partial charge in [-0.05, 0) is 36.5 Å². The fourth-order valence-corrected chi connectivity index (χ4v) is 4.00. The first-order valence-corrected chi connectivity index (χ1v) is 8.85. The molecule has 1 aromatic rings. The monoisotopic (exact) mass is 359 g/mol. The highest BCUT2D eigenvalue weighted by atomic mass is 35.5. The Bertz CT molecular complexity index is 470. The quantitative estimate of drug-likeness (QED) is 0.885. The van der Waals surface area contributed by atoms with Crippen LogP contribution in [0.1, 0.15) is 37.7 Å². The average Bonchev–Trinajstić information content (AvgIpc) is 2.57. The van der Waals surface area contributed by atoms with E-state index in [-0.39, 0.29) is 12.4 Å². The van der Waals surface area contributed by atoms with Gasteiger partial charge in [-0.3, -0.25) is 4.90 Å². The van der Waals surface area contributed by atoms with Crippen LogP contribution in [0, 0.1) is 5.92 Å². The molecule has 2 aliphatic rings. The van der Waals surface area contributed by atoms with E-state index >= 15 is 0 Å². The summed E-state index contributed by atoms with van der Waals surface area (Å²) in [6.45, 7) is 4.04. The van der Waals surface area contributed by atoms with Crippen LogP contribution in [-0.2, 0) is 10.3 Å². The number of halogens is 2. The second-order valence-corrected chi connectivity index (χ2v) is 7.09. The Morgan fingerprint density at radius 1 is 1.09 bits per heavy atom. The summed E-state index contributed by atoms with van der Waals surface area (Å²) >= 11 is 6.03. The molecule has 130 valence electrons. The number of rotatable bonds is 4. The van der Waals surface area contributed by atoms with Crippen molar-refractivity contribution in [3.05, 3.63) is 34.9 Å². The molecule has 1 heterocycles. The molecular weight excluding hydrogens is 333 g/mol. The van der Waals surface area contributed by atoms with Gasteiger partial charge in [0.05, 0.1) is 13.2 Å². The Morgan fingerprint density at radius 2 is 1.70 bits per heavy atom. The molecule has 1 aliphatic heterocycles. The lowest BCUT2D eigenvalue weighted by Gasteiger charge is -2.43. The molecular formula is C18H27Cl2NO2. The lowest BCUT2D eigenvalue weighted by Crippen LogP contribution is -2.49. The first-order valence-electron chi connectivity index (χ1n) is 8.47. The number of β-amino-alcohol motifs (C(OH)–C–C–N with tert-alkyl or cyclic N) is 1. The van der Waals surface area contributed by atoms with Gasteiger partial charge in [-0.15, -0.1) is 12.4 Å². The molecule has 1 N–H and O–H groups in total. The van der Waals surface area contributed by atoms with E-state index in [2.05, 4.69) is 4.90 Å². The van der Waals surface area contributed by atoms with E-state index in [1.165, 1.54) is 19.3 Å². The highest BCUT2D eigenvalue weighted by molar-refractivity contribution is 6.30. The van der Waals surface area contributed by atoms with Crippen LogP contribution in [0.15, 0.2) is 24.3 Å². The summed E-state index contributed by atoms with van der Waals surface area (Å²) in [5.41, 5.74) is 0.234. The third kappa shape index (κ3) is 4.61. The Balaban J connectivity index is 0.00000192. The summed E-state index contributed by atoms with van der Waals surface area (Å²) in [6.07, 6.45) is 5.98. The molecule has 0 radical (unpaired) electrons. The molecule has 1 aliphatic carbocycles. The van der Waals surface area contributed by atoms with E-state index in [1.54, 1.807) is 0 Å². The number of benzene rings is 1. The van der Waals surface area contributed by atoms with Crippen molar-refractivity contribution < 1.29 is 9.84 Å². The zero-order chi connectivity index (χ0) is 15.4. The van der Waals surface area contributed by atoms with Crippen molar-refractivity contribution >= 4 is 24.0 Å². The molecule has 1 saturated carbocycles. The summed E-state index contributed by atoms with van der Waals surface area (Å²) < 4.78 is 5.44. The minimum absolute atomic E-state index is 0. The molecule has 1 atom stereocenters. The third-order valence-electron chi connectivity index (χ3n) is 5.19. The van der Waals surface area contributed by atoms with Crippen molar-refractivity contribution in [2.75, 3.05) is 32.8 Å². The number of morpholine rings is 1. The number of hydrogen-bond donors (Lipinski definition) is 1. The molecule has 2 fully saturated rings. The molecule has 1 unspecified atom stereocenters. The van der Waals surface area contributed by atoms with Gasteiger partial charge in [-0.25, -0.2) is 0 Å². The van der Waals surface area contributed by atoms with Gasteiger partial charge < -0.3 is 9.84 Å². The smallest absolute Gasteiger partial charge is 0.105 e. The van der Waals surface area contributed by atoms with Gasteiger partial charge in [0, 0.05) is 24.7 Å². The minimum Gasteiger partial charge on any atom is -0.384 e. The first kappa shape index (κ1) is 19.0. The van der Waals surface area contributed by atoms with E-state index in [0.717, 1.165) is 49.7 Å². The molecule has 3 nitrogen and oxygen atoms in total. The number of nitrogens with zero attached hydrogens (tertiary/aromatic N) is 1. The van der Waals surface area contributed by atoms with Crippen LogP contribution in [0.2, 0.25) is 5.02 Å². The Labute approximate surface area is 150 Å². The molecule has 5 heteroatoms. The van der Waals surface area contributed by atoms with E-state index in [9.17, 15) is 5.11 Å². The lowest BCUT2D eigenvalue weighted by atomic mass is 9.73. The molecule has 0 bridgehead atoms. The minimum atomic E-state index is -0.775.